The Hall–Kier alpha value is -2.40. The van der Waals surface area contributed by atoms with E-state index in [1.54, 1.807) is 0 Å². The van der Waals surface area contributed by atoms with E-state index in [4.69, 9.17) is 4.74 Å². The summed E-state index contributed by atoms with van der Waals surface area (Å²) in [5.74, 6) is 1.84. The summed E-state index contributed by atoms with van der Waals surface area (Å²) >= 11 is 0. The quantitative estimate of drug-likeness (QED) is 0.728. The number of aromatic nitrogens is 3. The number of nitrogens with one attached hydrogen (secondary N) is 1. The van der Waals surface area contributed by atoms with Gasteiger partial charge in [0.05, 0.1) is 13.2 Å². The summed E-state index contributed by atoms with van der Waals surface area (Å²) in [6.07, 6.45) is 2.99. The molecule has 3 aromatic rings. The fraction of sp³-hybridized carbons (Fsp3) is 0.294. The Labute approximate surface area is 130 Å². The van der Waals surface area contributed by atoms with Crippen LogP contribution in [0.15, 0.2) is 48.7 Å². The van der Waals surface area contributed by atoms with Crippen molar-refractivity contribution in [3.63, 3.8) is 0 Å². The molecule has 1 aromatic carbocycles. The highest BCUT2D eigenvalue weighted by molar-refractivity contribution is 5.37. The zero-order valence-corrected chi connectivity index (χ0v) is 12.7. The van der Waals surface area contributed by atoms with Crippen LogP contribution in [0.3, 0.4) is 0 Å². The minimum absolute atomic E-state index is 0.672. The first-order chi connectivity index (χ1) is 10.9. The molecular formula is C17H20N4O. The van der Waals surface area contributed by atoms with Crippen LogP contribution in [-0.2, 0) is 13.1 Å². The maximum Gasteiger partial charge on any atom is 0.160 e. The molecule has 0 aliphatic heterocycles. The smallest absolute Gasteiger partial charge is 0.160 e. The number of hydrogen-bond donors (Lipinski definition) is 1. The van der Waals surface area contributed by atoms with Crippen LogP contribution in [-0.4, -0.2) is 21.2 Å². The van der Waals surface area contributed by atoms with Crippen molar-refractivity contribution in [3.05, 3.63) is 60.0 Å². The van der Waals surface area contributed by atoms with Gasteiger partial charge in [-0.1, -0.05) is 25.1 Å². The molecule has 0 saturated heterocycles. The van der Waals surface area contributed by atoms with Crippen molar-refractivity contribution >= 4 is 5.65 Å². The topological polar surface area (TPSA) is 51.5 Å². The van der Waals surface area contributed by atoms with E-state index in [1.807, 2.05) is 40.9 Å². The zero-order chi connectivity index (χ0) is 15.2. The van der Waals surface area contributed by atoms with Gasteiger partial charge in [-0.15, -0.1) is 10.2 Å². The lowest BCUT2D eigenvalue weighted by Crippen LogP contribution is -2.15. The van der Waals surface area contributed by atoms with Crippen LogP contribution in [0.1, 0.15) is 24.7 Å². The number of fused-ring (bicyclic) bond motifs is 1. The third-order valence-electron chi connectivity index (χ3n) is 3.37. The lowest BCUT2D eigenvalue weighted by atomic mass is 10.2. The van der Waals surface area contributed by atoms with E-state index in [2.05, 4.69) is 34.6 Å². The first kappa shape index (κ1) is 14.5. The Bertz CT molecular complexity index is 738. The molecule has 2 heterocycles. The molecule has 1 N–H and O–H groups in total. The van der Waals surface area contributed by atoms with Crippen molar-refractivity contribution in [3.8, 4) is 5.75 Å². The molecule has 0 saturated carbocycles. The van der Waals surface area contributed by atoms with E-state index in [-0.39, 0.29) is 0 Å². The SMILES string of the molecule is CCCOc1cccc(CNCc2nnc3ccccn23)c1. The van der Waals surface area contributed by atoms with Crippen LogP contribution in [0.4, 0.5) is 0 Å². The highest BCUT2D eigenvalue weighted by atomic mass is 16.5. The summed E-state index contributed by atoms with van der Waals surface area (Å²) < 4.78 is 7.65. The van der Waals surface area contributed by atoms with E-state index in [1.165, 1.54) is 5.56 Å². The van der Waals surface area contributed by atoms with Crippen LogP contribution in [0, 0.1) is 0 Å². The minimum Gasteiger partial charge on any atom is -0.494 e. The normalized spacial score (nSPS) is 11.0. The second-order valence-corrected chi connectivity index (χ2v) is 5.14. The summed E-state index contributed by atoms with van der Waals surface area (Å²) in [6, 6.07) is 14.1. The standard InChI is InChI=1S/C17H20N4O/c1-2-10-22-15-7-5-6-14(11-15)12-18-13-17-20-19-16-8-3-4-9-21(16)17/h3-9,11,18H,2,10,12-13H2,1H3. The van der Waals surface area contributed by atoms with Gasteiger partial charge in [0, 0.05) is 12.7 Å². The highest BCUT2D eigenvalue weighted by Gasteiger charge is 2.04. The highest BCUT2D eigenvalue weighted by Crippen LogP contribution is 2.13. The number of benzene rings is 1. The summed E-state index contributed by atoms with van der Waals surface area (Å²) in [5, 5.41) is 11.8. The lowest BCUT2D eigenvalue weighted by Gasteiger charge is -2.08. The first-order valence-electron chi connectivity index (χ1n) is 7.58. The van der Waals surface area contributed by atoms with Crippen molar-refractivity contribution < 1.29 is 4.74 Å². The molecule has 3 rings (SSSR count). The molecule has 0 atom stereocenters. The van der Waals surface area contributed by atoms with E-state index < -0.39 is 0 Å². The molecule has 0 amide bonds. The van der Waals surface area contributed by atoms with Crippen LogP contribution in [0.5, 0.6) is 5.75 Å². The molecule has 0 radical (unpaired) electrons. The molecule has 0 unspecified atom stereocenters. The van der Waals surface area contributed by atoms with Gasteiger partial charge in [0.1, 0.15) is 5.75 Å². The maximum atomic E-state index is 5.65. The van der Waals surface area contributed by atoms with Crippen LogP contribution in [0.2, 0.25) is 0 Å². The third kappa shape index (κ3) is 3.43. The molecule has 5 nitrogen and oxygen atoms in total. The number of hydrogen-bond acceptors (Lipinski definition) is 4. The maximum absolute atomic E-state index is 5.65. The van der Waals surface area contributed by atoms with E-state index in [0.717, 1.165) is 36.8 Å². The lowest BCUT2D eigenvalue weighted by molar-refractivity contribution is 0.317. The fourth-order valence-electron chi connectivity index (χ4n) is 2.30. The van der Waals surface area contributed by atoms with Crippen molar-refractivity contribution in [1.82, 2.24) is 19.9 Å². The molecule has 22 heavy (non-hydrogen) atoms. The van der Waals surface area contributed by atoms with Gasteiger partial charge in [0.2, 0.25) is 0 Å². The van der Waals surface area contributed by atoms with E-state index >= 15 is 0 Å². The molecule has 114 valence electrons. The Balaban J connectivity index is 1.59. The Kier molecular flexibility index (Phi) is 4.65. The Morgan fingerprint density at radius 3 is 2.95 bits per heavy atom. The molecule has 0 aliphatic carbocycles. The van der Waals surface area contributed by atoms with Gasteiger partial charge < -0.3 is 10.1 Å². The molecule has 0 spiro atoms. The van der Waals surface area contributed by atoms with Crippen LogP contribution in [0.25, 0.3) is 5.65 Å². The first-order valence-corrected chi connectivity index (χ1v) is 7.58. The summed E-state index contributed by atoms with van der Waals surface area (Å²) in [6.45, 7) is 4.30. The molecule has 0 fully saturated rings. The third-order valence-corrected chi connectivity index (χ3v) is 3.37. The largest absolute Gasteiger partial charge is 0.494 e. The van der Waals surface area contributed by atoms with Gasteiger partial charge in [-0.2, -0.15) is 0 Å². The molecule has 5 heteroatoms. The summed E-state index contributed by atoms with van der Waals surface area (Å²) in [7, 11) is 0. The van der Waals surface area contributed by atoms with Gasteiger partial charge in [0.15, 0.2) is 11.5 Å². The fourth-order valence-corrected chi connectivity index (χ4v) is 2.30. The van der Waals surface area contributed by atoms with Gasteiger partial charge in [-0.3, -0.25) is 4.40 Å². The molecule has 2 aromatic heterocycles. The van der Waals surface area contributed by atoms with Crippen LogP contribution < -0.4 is 10.1 Å². The average molecular weight is 296 g/mol. The summed E-state index contributed by atoms with van der Waals surface area (Å²) in [5.41, 5.74) is 2.07. The molecule has 0 aliphatic rings. The van der Waals surface area contributed by atoms with Crippen molar-refractivity contribution in [2.75, 3.05) is 6.61 Å². The Morgan fingerprint density at radius 2 is 2.05 bits per heavy atom. The van der Waals surface area contributed by atoms with Crippen molar-refractivity contribution in [1.29, 1.82) is 0 Å². The van der Waals surface area contributed by atoms with Gasteiger partial charge >= 0.3 is 0 Å². The van der Waals surface area contributed by atoms with Crippen LogP contribution >= 0.6 is 0 Å². The van der Waals surface area contributed by atoms with Gasteiger partial charge in [-0.05, 0) is 36.2 Å². The number of ether oxygens (including phenoxy) is 1. The predicted octanol–water partition coefficient (Wildman–Crippen LogP) is 2.81. The second kappa shape index (κ2) is 7.04. The zero-order valence-electron chi connectivity index (χ0n) is 12.7. The van der Waals surface area contributed by atoms with Crippen molar-refractivity contribution in [2.45, 2.75) is 26.4 Å². The van der Waals surface area contributed by atoms with E-state index in [9.17, 15) is 0 Å². The molecule has 0 bridgehead atoms. The van der Waals surface area contributed by atoms with Gasteiger partial charge in [-0.25, -0.2) is 0 Å². The number of rotatable bonds is 7. The minimum atomic E-state index is 0.672. The average Bonchev–Trinajstić information content (AvgIpc) is 2.97. The predicted molar refractivity (Wildman–Crippen MR) is 85.8 cm³/mol. The monoisotopic (exact) mass is 296 g/mol. The van der Waals surface area contributed by atoms with Crippen molar-refractivity contribution in [2.24, 2.45) is 0 Å². The second-order valence-electron chi connectivity index (χ2n) is 5.14. The number of nitrogens with zero attached hydrogens (tertiary/aromatic N) is 3. The summed E-state index contributed by atoms with van der Waals surface area (Å²) in [4.78, 5) is 0. The van der Waals surface area contributed by atoms with E-state index in [0.29, 0.717) is 6.54 Å². The Morgan fingerprint density at radius 1 is 1.09 bits per heavy atom. The van der Waals surface area contributed by atoms with Gasteiger partial charge in [0.25, 0.3) is 0 Å². The number of pyridine rings is 1. The molecular weight excluding hydrogens is 276 g/mol.